The maximum absolute atomic E-state index is 13.5. The van der Waals surface area contributed by atoms with E-state index in [4.69, 9.17) is 9.47 Å². The van der Waals surface area contributed by atoms with Crippen LogP contribution in [0.5, 0.6) is 0 Å². The summed E-state index contributed by atoms with van der Waals surface area (Å²) in [5.41, 5.74) is -0.705. The smallest absolute Gasteiger partial charge is 0.416 e. The van der Waals surface area contributed by atoms with E-state index in [1.54, 1.807) is 26.0 Å². The van der Waals surface area contributed by atoms with Crippen LogP contribution in [0.1, 0.15) is 54.1 Å². The molecule has 1 N–H and O–H groups in total. The highest BCUT2D eigenvalue weighted by molar-refractivity contribution is 5.91. The molecule has 13 heteroatoms. The van der Waals surface area contributed by atoms with E-state index >= 15 is 0 Å². The van der Waals surface area contributed by atoms with Gasteiger partial charge in [0.25, 0.3) is 0 Å². The Kier molecular flexibility index (Phi) is 7.63. The van der Waals surface area contributed by atoms with E-state index in [-0.39, 0.29) is 24.7 Å². The van der Waals surface area contributed by atoms with Crippen molar-refractivity contribution in [2.75, 3.05) is 30.5 Å². The van der Waals surface area contributed by atoms with Crippen molar-refractivity contribution in [2.24, 2.45) is 0 Å². The summed E-state index contributed by atoms with van der Waals surface area (Å²) in [6.45, 7) is 3.55. The third-order valence-corrected chi connectivity index (χ3v) is 6.84. The summed E-state index contributed by atoms with van der Waals surface area (Å²) in [5.74, 6) is 0. The van der Waals surface area contributed by atoms with Gasteiger partial charge in [-0.05, 0) is 68.1 Å². The van der Waals surface area contributed by atoms with Gasteiger partial charge in [-0.25, -0.2) is 9.59 Å². The quantitative estimate of drug-likeness (QED) is 0.420. The normalized spacial score (nSPS) is 18.6. The highest BCUT2D eigenvalue weighted by Crippen LogP contribution is 2.45. The second kappa shape index (κ2) is 10.5. The lowest BCUT2D eigenvalue weighted by molar-refractivity contribution is -0.143. The molecule has 7 nitrogen and oxygen atoms in total. The van der Waals surface area contributed by atoms with Crippen LogP contribution < -0.4 is 10.2 Å². The fourth-order valence-electron chi connectivity index (χ4n) is 5.11. The van der Waals surface area contributed by atoms with E-state index in [1.165, 1.54) is 4.90 Å². The number of carbonyl (C=O) groups is 2. The van der Waals surface area contributed by atoms with Gasteiger partial charge in [0.1, 0.15) is 0 Å². The van der Waals surface area contributed by atoms with Crippen molar-refractivity contribution in [3.05, 3.63) is 58.1 Å². The Morgan fingerprint density at radius 2 is 1.69 bits per heavy atom. The number of carbonyl (C=O) groups excluding carboxylic acids is 2. The molecule has 0 bridgehead atoms. The third-order valence-electron chi connectivity index (χ3n) is 6.84. The molecule has 2 aromatic carbocycles. The van der Waals surface area contributed by atoms with Crippen LogP contribution in [-0.2, 0) is 34.8 Å². The van der Waals surface area contributed by atoms with Crippen molar-refractivity contribution in [2.45, 2.75) is 57.7 Å². The zero-order valence-electron chi connectivity index (χ0n) is 21.4. The molecule has 39 heavy (non-hydrogen) atoms. The lowest BCUT2D eigenvalue weighted by atomic mass is 9.89. The molecule has 2 unspecified atom stereocenters. The summed E-state index contributed by atoms with van der Waals surface area (Å²) in [7, 11) is 1.07. The summed E-state index contributed by atoms with van der Waals surface area (Å²) in [5, 5.41) is 3.21. The Balaban J connectivity index is 1.83. The van der Waals surface area contributed by atoms with Crippen molar-refractivity contribution < 1.29 is 45.4 Å². The van der Waals surface area contributed by atoms with Gasteiger partial charge in [-0.2, -0.15) is 26.3 Å². The van der Waals surface area contributed by atoms with E-state index in [0.29, 0.717) is 36.3 Å². The molecule has 2 aliphatic heterocycles. The average molecular weight is 560 g/mol. The van der Waals surface area contributed by atoms with Gasteiger partial charge in [-0.15, -0.1) is 0 Å². The Morgan fingerprint density at radius 1 is 1.05 bits per heavy atom. The predicted molar refractivity (Wildman–Crippen MR) is 129 cm³/mol. The number of rotatable bonds is 4. The Bertz CT molecular complexity index is 1230. The molecular formula is C26H27F6N3O4. The van der Waals surface area contributed by atoms with Crippen molar-refractivity contribution in [1.29, 1.82) is 0 Å². The molecule has 2 aliphatic rings. The van der Waals surface area contributed by atoms with Crippen LogP contribution in [0.15, 0.2) is 30.3 Å². The van der Waals surface area contributed by atoms with E-state index < -0.39 is 54.3 Å². The van der Waals surface area contributed by atoms with Crippen LogP contribution in [0, 0.1) is 0 Å². The molecule has 2 amide bonds. The monoisotopic (exact) mass is 559 g/mol. The number of nitrogens with one attached hydrogen (secondary N) is 1. The van der Waals surface area contributed by atoms with Crippen LogP contribution in [0.3, 0.4) is 0 Å². The van der Waals surface area contributed by atoms with Gasteiger partial charge in [-0.1, -0.05) is 0 Å². The Hall–Kier alpha value is -3.64. The first-order valence-electron chi connectivity index (χ1n) is 12.2. The molecule has 0 aliphatic carbocycles. The molecule has 0 aromatic heterocycles. The van der Waals surface area contributed by atoms with E-state index in [2.05, 4.69) is 5.32 Å². The number of alkyl halides is 6. The molecule has 212 valence electrons. The molecule has 0 radical (unpaired) electrons. The molecule has 0 saturated heterocycles. The molecule has 4 rings (SSSR count). The molecular weight excluding hydrogens is 532 g/mol. The standard InChI is InChI=1S/C26H27F6N3O4/c1-4-39-24(37)35-14(2)7-21(19-12-20-16(5-6-33-20)10-22(19)35)34(23(36)38-3)13-15-8-17(25(27,28)29)11-18(9-15)26(30,31)32/h8-12,14,21,33H,4-7,13H2,1-3H3. The minimum absolute atomic E-state index is 0.0379. The first kappa shape index (κ1) is 28.4. The topological polar surface area (TPSA) is 71.1 Å². The summed E-state index contributed by atoms with van der Waals surface area (Å²) in [4.78, 5) is 28.4. The fourth-order valence-corrected chi connectivity index (χ4v) is 5.11. The minimum atomic E-state index is -5.04. The number of ether oxygens (including phenoxy) is 2. The predicted octanol–water partition coefficient (Wildman–Crippen LogP) is 6.76. The van der Waals surface area contributed by atoms with Gasteiger partial charge in [0.2, 0.25) is 0 Å². The van der Waals surface area contributed by atoms with Gasteiger partial charge >= 0.3 is 24.5 Å². The lowest BCUT2D eigenvalue weighted by Crippen LogP contribution is -2.47. The molecule has 2 heterocycles. The Morgan fingerprint density at radius 3 is 2.26 bits per heavy atom. The first-order valence-corrected chi connectivity index (χ1v) is 12.2. The largest absolute Gasteiger partial charge is 0.453 e. The number of amides is 2. The van der Waals surface area contributed by atoms with Gasteiger partial charge in [0, 0.05) is 30.4 Å². The summed E-state index contributed by atoms with van der Waals surface area (Å²) in [6.07, 6.45) is -10.8. The number of anilines is 2. The maximum Gasteiger partial charge on any atom is 0.416 e. The van der Waals surface area contributed by atoms with Crippen molar-refractivity contribution >= 4 is 23.6 Å². The lowest BCUT2D eigenvalue weighted by Gasteiger charge is -2.42. The molecule has 0 spiro atoms. The number of fused-ring (bicyclic) bond motifs is 2. The number of benzene rings is 2. The summed E-state index contributed by atoms with van der Waals surface area (Å²) < 4.78 is 91.0. The van der Waals surface area contributed by atoms with Gasteiger partial charge in [0.15, 0.2) is 0 Å². The van der Waals surface area contributed by atoms with Crippen LogP contribution in [0.4, 0.5) is 47.3 Å². The highest BCUT2D eigenvalue weighted by atomic mass is 19.4. The SMILES string of the molecule is CCOC(=O)N1c2cc3c(cc2C(N(Cc2cc(C(F)(F)F)cc(C(F)(F)F)c2)C(=O)OC)CC1C)NCC3. The van der Waals surface area contributed by atoms with Gasteiger partial charge < -0.3 is 14.8 Å². The molecule has 0 fully saturated rings. The van der Waals surface area contributed by atoms with Crippen molar-refractivity contribution in [3.8, 4) is 0 Å². The zero-order valence-corrected chi connectivity index (χ0v) is 21.4. The minimum Gasteiger partial charge on any atom is -0.453 e. The number of hydrogen-bond acceptors (Lipinski definition) is 5. The molecule has 2 atom stereocenters. The highest BCUT2D eigenvalue weighted by Gasteiger charge is 2.41. The number of nitrogens with zero attached hydrogens (tertiary/aromatic N) is 2. The first-order chi connectivity index (χ1) is 18.2. The average Bonchev–Trinajstić information content (AvgIpc) is 3.31. The van der Waals surface area contributed by atoms with Crippen molar-refractivity contribution in [1.82, 2.24) is 4.90 Å². The van der Waals surface area contributed by atoms with Crippen LogP contribution in [-0.4, -0.2) is 43.4 Å². The van der Waals surface area contributed by atoms with Crippen LogP contribution in [0.2, 0.25) is 0 Å². The molecule has 2 aromatic rings. The van der Waals surface area contributed by atoms with E-state index in [9.17, 15) is 35.9 Å². The van der Waals surface area contributed by atoms with Crippen LogP contribution in [0.25, 0.3) is 0 Å². The number of methoxy groups -OCH3 is 1. The number of halogens is 6. The van der Waals surface area contributed by atoms with Gasteiger partial charge in [-0.3, -0.25) is 9.80 Å². The second-order valence-corrected chi connectivity index (χ2v) is 9.43. The number of hydrogen-bond donors (Lipinski definition) is 1. The summed E-state index contributed by atoms with van der Waals surface area (Å²) >= 11 is 0. The molecule has 0 saturated carbocycles. The second-order valence-electron chi connectivity index (χ2n) is 9.43. The zero-order chi connectivity index (χ0) is 28.7. The van der Waals surface area contributed by atoms with Crippen molar-refractivity contribution in [3.63, 3.8) is 0 Å². The third kappa shape index (κ3) is 5.71. The maximum atomic E-state index is 13.5. The fraction of sp³-hybridized carbons (Fsp3) is 0.462. The van der Waals surface area contributed by atoms with Crippen LogP contribution >= 0.6 is 0 Å². The van der Waals surface area contributed by atoms with E-state index in [1.807, 2.05) is 0 Å². The Labute approximate surface area is 220 Å². The van der Waals surface area contributed by atoms with Gasteiger partial charge in [0.05, 0.1) is 36.6 Å². The van der Waals surface area contributed by atoms with E-state index in [0.717, 1.165) is 23.3 Å². The summed E-state index contributed by atoms with van der Waals surface area (Å²) in [6, 6.07) is 3.42.